The van der Waals surface area contributed by atoms with Gasteiger partial charge in [0, 0.05) is 5.39 Å². The summed E-state index contributed by atoms with van der Waals surface area (Å²) in [6.45, 7) is -0.405. The van der Waals surface area contributed by atoms with Crippen LogP contribution in [0.1, 0.15) is 6.23 Å². The first kappa shape index (κ1) is 15.4. The number of halogens is 3. The number of hydrogen-bond acceptors (Lipinski definition) is 4. The summed E-state index contributed by atoms with van der Waals surface area (Å²) in [5, 5.41) is 30.9. The van der Waals surface area contributed by atoms with Crippen molar-refractivity contribution in [2.75, 3.05) is 6.61 Å². The third-order valence-corrected chi connectivity index (χ3v) is 4.62. The third kappa shape index (κ3) is 2.43. The van der Waals surface area contributed by atoms with E-state index in [0.29, 0.717) is 20.7 Å². The Morgan fingerprint density at radius 2 is 1.71 bits per heavy atom. The zero-order valence-corrected chi connectivity index (χ0v) is 12.8. The molecule has 2 heterocycles. The van der Waals surface area contributed by atoms with Gasteiger partial charge in [0.05, 0.1) is 22.2 Å². The first-order valence-corrected chi connectivity index (χ1v) is 7.35. The second kappa shape index (κ2) is 5.59. The highest BCUT2D eigenvalue weighted by atomic mass is 35.5. The molecule has 1 aliphatic heterocycles. The van der Waals surface area contributed by atoms with Crippen molar-refractivity contribution in [3.63, 3.8) is 0 Å². The van der Waals surface area contributed by atoms with Gasteiger partial charge in [0.25, 0.3) is 0 Å². The first-order valence-electron chi connectivity index (χ1n) is 6.22. The van der Waals surface area contributed by atoms with E-state index in [9.17, 15) is 10.2 Å². The van der Waals surface area contributed by atoms with E-state index < -0.39 is 31.1 Å². The number of fused-ring (bicyclic) bond motifs is 1. The molecule has 0 radical (unpaired) electrons. The fourth-order valence-corrected chi connectivity index (χ4v) is 3.18. The van der Waals surface area contributed by atoms with Crippen LogP contribution in [-0.2, 0) is 4.74 Å². The lowest BCUT2D eigenvalue weighted by Gasteiger charge is -2.19. The molecule has 1 saturated heterocycles. The Labute approximate surface area is 135 Å². The van der Waals surface area contributed by atoms with Crippen molar-refractivity contribution in [2.45, 2.75) is 24.5 Å². The van der Waals surface area contributed by atoms with E-state index in [1.165, 1.54) is 4.57 Å². The highest BCUT2D eigenvalue weighted by Gasteiger charge is 2.44. The summed E-state index contributed by atoms with van der Waals surface area (Å²) in [7, 11) is 0. The van der Waals surface area contributed by atoms with E-state index in [2.05, 4.69) is 0 Å². The van der Waals surface area contributed by atoms with E-state index >= 15 is 0 Å². The number of aliphatic hydroxyl groups is 3. The van der Waals surface area contributed by atoms with Crippen LogP contribution in [-0.4, -0.2) is 44.8 Å². The Bertz CT molecular complexity index is 690. The lowest BCUT2D eigenvalue weighted by atomic mass is 10.1. The van der Waals surface area contributed by atoms with Crippen molar-refractivity contribution in [1.29, 1.82) is 0 Å². The van der Waals surface area contributed by atoms with Crippen LogP contribution in [0.25, 0.3) is 10.9 Å². The van der Waals surface area contributed by atoms with Gasteiger partial charge < -0.3 is 24.6 Å². The molecule has 21 heavy (non-hydrogen) atoms. The standard InChI is InChI=1S/C13H12Cl3NO4/c14-6-1-5-2-10(16)17(8(5)3-7(6)15)13-12(20)11(19)9(4-18)21-13/h1-3,9,11-13,18-20H,4H2/t9-,11-,12-,13?/m1/s1. The van der Waals surface area contributed by atoms with Crippen LogP contribution in [0.2, 0.25) is 15.2 Å². The van der Waals surface area contributed by atoms with Crippen LogP contribution in [0.4, 0.5) is 0 Å². The second-order valence-electron chi connectivity index (χ2n) is 4.89. The SMILES string of the molecule is OC[C@H]1OC(n2c(Cl)cc3cc(Cl)c(Cl)cc32)[C@H](O)[C@@H]1O. The maximum Gasteiger partial charge on any atom is 0.164 e. The quantitative estimate of drug-likeness (QED) is 0.775. The minimum Gasteiger partial charge on any atom is -0.394 e. The summed E-state index contributed by atoms with van der Waals surface area (Å²) in [5.74, 6) is 0. The number of ether oxygens (including phenoxy) is 1. The number of aliphatic hydroxyl groups excluding tert-OH is 3. The maximum absolute atomic E-state index is 10.1. The lowest BCUT2D eigenvalue weighted by molar-refractivity contribution is -0.0505. The summed E-state index contributed by atoms with van der Waals surface area (Å²) in [4.78, 5) is 0. The number of nitrogens with zero attached hydrogens (tertiary/aromatic N) is 1. The molecule has 1 unspecified atom stereocenters. The predicted octanol–water partition coefficient (Wildman–Crippen LogP) is 2.21. The van der Waals surface area contributed by atoms with Gasteiger partial charge in [-0.1, -0.05) is 34.8 Å². The molecule has 0 saturated carbocycles. The summed E-state index contributed by atoms with van der Waals surface area (Å²) < 4.78 is 7.01. The molecule has 0 bridgehead atoms. The van der Waals surface area contributed by atoms with Gasteiger partial charge in [-0.05, 0) is 18.2 Å². The largest absolute Gasteiger partial charge is 0.394 e. The van der Waals surface area contributed by atoms with E-state index in [0.717, 1.165) is 5.39 Å². The molecule has 1 fully saturated rings. The van der Waals surface area contributed by atoms with Crippen molar-refractivity contribution in [2.24, 2.45) is 0 Å². The van der Waals surface area contributed by atoms with Gasteiger partial charge in [0.1, 0.15) is 23.5 Å². The Balaban J connectivity index is 2.12. The van der Waals surface area contributed by atoms with Crippen molar-refractivity contribution in [1.82, 2.24) is 4.57 Å². The van der Waals surface area contributed by atoms with Crippen molar-refractivity contribution >= 4 is 45.7 Å². The maximum atomic E-state index is 10.1. The molecule has 3 N–H and O–H groups in total. The van der Waals surface area contributed by atoms with E-state index in [1.54, 1.807) is 18.2 Å². The molecule has 0 amide bonds. The fourth-order valence-electron chi connectivity index (χ4n) is 2.54. The molecular weight excluding hydrogens is 341 g/mol. The van der Waals surface area contributed by atoms with Gasteiger partial charge in [-0.3, -0.25) is 0 Å². The molecule has 2 aromatic rings. The molecule has 0 aliphatic carbocycles. The highest BCUT2D eigenvalue weighted by molar-refractivity contribution is 6.43. The molecule has 1 aromatic heterocycles. The molecule has 8 heteroatoms. The number of rotatable bonds is 2. The Morgan fingerprint density at radius 1 is 1.05 bits per heavy atom. The summed E-state index contributed by atoms with van der Waals surface area (Å²) in [6.07, 6.45) is -4.21. The Kier molecular flexibility index (Phi) is 4.09. The van der Waals surface area contributed by atoms with Crippen LogP contribution in [0.5, 0.6) is 0 Å². The van der Waals surface area contributed by atoms with Gasteiger partial charge in [-0.25, -0.2) is 0 Å². The topological polar surface area (TPSA) is 74.9 Å². The zero-order chi connectivity index (χ0) is 15.3. The smallest absolute Gasteiger partial charge is 0.164 e. The summed E-state index contributed by atoms with van der Waals surface area (Å²) in [5.41, 5.74) is 0.615. The van der Waals surface area contributed by atoms with Crippen LogP contribution >= 0.6 is 34.8 Å². The molecule has 4 atom stereocenters. The van der Waals surface area contributed by atoms with Crippen molar-refractivity contribution in [3.8, 4) is 0 Å². The van der Waals surface area contributed by atoms with Gasteiger partial charge in [0.15, 0.2) is 6.23 Å². The highest BCUT2D eigenvalue weighted by Crippen LogP contribution is 2.38. The van der Waals surface area contributed by atoms with Crippen LogP contribution in [0, 0.1) is 0 Å². The average molecular weight is 353 g/mol. The predicted molar refractivity (Wildman–Crippen MR) is 80.0 cm³/mol. The van der Waals surface area contributed by atoms with Crippen LogP contribution in [0.3, 0.4) is 0 Å². The molecule has 5 nitrogen and oxygen atoms in total. The summed E-state index contributed by atoms with van der Waals surface area (Å²) >= 11 is 18.2. The third-order valence-electron chi connectivity index (χ3n) is 3.61. The fraction of sp³-hybridized carbons (Fsp3) is 0.385. The number of hydrogen-bond donors (Lipinski definition) is 3. The molecular formula is C13H12Cl3NO4. The molecule has 3 rings (SSSR count). The zero-order valence-electron chi connectivity index (χ0n) is 10.6. The van der Waals surface area contributed by atoms with E-state index in [-0.39, 0.29) is 0 Å². The van der Waals surface area contributed by atoms with Gasteiger partial charge in [-0.15, -0.1) is 0 Å². The van der Waals surface area contributed by atoms with Crippen molar-refractivity contribution < 1.29 is 20.1 Å². The molecule has 1 aromatic carbocycles. The lowest BCUT2D eigenvalue weighted by Crippen LogP contribution is -2.33. The minimum atomic E-state index is -1.22. The van der Waals surface area contributed by atoms with Gasteiger partial charge in [-0.2, -0.15) is 0 Å². The van der Waals surface area contributed by atoms with Crippen molar-refractivity contribution in [3.05, 3.63) is 33.4 Å². The summed E-state index contributed by atoms with van der Waals surface area (Å²) in [6, 6.07) is 4.93. The molecule has 0 spiro atoms. The molecule has 114 valence electrons. The van der Waals surface area contributed by atoms with E-state index in [4.69, 9.17) is 44.6 Å². The monoisotopic (exact) mass is 351 g/mol. The van der Waals surface area contributed by atoms with E-state index in [1.807, 2.05) is 0 Å². The van der Waals surface area contributed by atoms with Crippen LogP contribution in [0.15, 0.2) is 18.2 Å². The first-order chi connectivity index (χ1) is 9.93. The molecule has 1 aliphatic rings. The Hall–Kier alpha value is -0.530. The number of aromatic nitrogens is 1. The van der Waals surface area contributed by atoms with Crippen LogP contribution < -0.4 is 0 Å². The average Bonchev–Trinajstić information content (AvgIpc) is 2.89. The second-order valence-corrected chi connectivity index (χ2v) is 6.09. The van der Waals surface area contributed by atoms with Gasteiger partial charge in [0.2, 0.25) is 0 Å². The Morgan fingerprint density at radius 3 is 2.33 bits per heavy atom. The van der Waals surface area contributed by atoms with Gasteiger partial charge >= 0.3 is 0 Å². The number of benzene rings is 1. The minimum absolute atomic E-state index is 0.304. The normalized spacial score (nSPS) is 29.4.